The molecule has 0 saturated heterocycles. The van der Waals surface area contributed by atoms with E-state index in [0.717, 1.165) is 37.5 Å². The second kappa shape index (κ2) is 8.69. The second-order valence-corrected chi connectivity index (χ2v) is 5.14. The van der Waals surface area contributed by atoms with E-state index < -0.39 is 0 Å². The molecule has 0 radical (unpaired) electrons. The predicted molar refractivity (Wildman–Crippen MR) is 87.5 cm³/mol. The first-order chi connectivity index (χ1) is 9.62. The number of anilines is 2. The van der Waals surface area contributed by atoms with Crippen molar-refractivity contribution < 1.29 is 4.74 Å². The van der Waals surface area contributed by atoms with Crippen LogP contribution < -0.4 is 15.8 Å². The smallest absolute Gasteiger partial charge is 0.143 e. The van der Waals surface area contributed by atoms with Crippen LogP contribution in [-0.2, 0) is 0 Å². The van der Waals surface area contributed by atoms with Crippen molar-refractivity contribution >= 4 is 11.4 Å². The second-order valence-electron chi connectivity index (χ2n) is 5.14. The van der Waals surface area contributed by atoms with Crippen LogP contribution in [0.4, 0.5) is 11.4 Å². The first-order valence-corrected chi connectivity index (χ1v) is 7.53. The molecule has 1 atom stereocenters. The van der Waals surface area contributed by atoms with E-state index in [0.29, 0.717) is 11.7 Å². The average molecular weight is 279 g/mol. The Morgan fingerprint density at radius 3 is 2.60 bits per heavy atom. The summed E-state index contributed by atoms with van der Waals surface area (Å²) in [7, 11) is 1.64. The molecule has 0 aliphatic rings. The highest BCUT2D eigenvalue weighted by molar-refractivity contribution is 5.73. The molecule has 0 aliphatic heterocycles. The van der Waals surface area contributed by atoms with Crippen LogP contribution in [0.25, 0.3) is 0 Å². The number of para-hydroxylation sites is 1. The van der Waals surface area contributed by atoms with Gasteiger partial charge in [-0.25, -0.2) is 0 Å². The molecule has 1 aromatic rings. The van der Waals surface area contributed by atoms with Gasteiger partial charge in [0.1, 0.15) is 5.75 Å². The van der Waals surface area contributed by atoms with Crippen LogP contribution in [0.5, 0.6) is 5.75 Å². The van der Waals surface area contributed by atoms with Gasteiger partial charge in [0.25, 0.3) is 0 Å². The molecule has 0 bridgehead atoms. The number of hydrogen-bond acceptors (Lipinski definition) is 4. The molecular weight excluding hydrogens is 250 g/mol. The molecule has 3 N–H and O–H groups in total. The van der Waals surface area contributed by atoms with Gasteiger partial charge >= 0.3 is 0 Å². The molecule has 4 nitrogen and oxygen atoms in total. The minimum atomic E-state index is 0.403. The highest BCUT2D eigenvalue weighted by Crippen LogP contribution is 2.29. The number of nitrogens with two attached hydrogens (primary N) is 1. The van der Waals surface area contributed by atoms with Crippen LogP contribution in [-0.4, -0.2) is 37.7 Å². The van der Waals surface area contributed by atoms with Gasteiger partial charge in [0.05, 0.1) is 18.5 Å². The Hall–Kier alpha value is -1.42. The quantitative estimate of drug-likeness (QED) is 0.682. The minimum Gasteiger partial charge on any atom is -0.495 e. The van der Waals surface area contributed by atoms with Crippen LogP contribution in [0.3, 0.4) is 0 Å². The maximum absolute atomic E-state index is 6.07. The molecule has 20 heavy (non-hydrogen) atoms. The van der Waals surface area contributed by atoms with Crippen molar-refractivity contribution in [3.63, 3.8) is 0 Å². The van der Waals surface area contributed by atoms with Crippen molar-refractivity contribution in [3.8, 4) is 5.75 Å². The van der Waals surface area contributed by atoms with Crippen LogP contribution >= 0.6 is 0 Å². The molecule has 4 heteroatoms. The van der Waals surface area contributed by atoms with E-state index in [4.69, 9.17) is 10.5 Å². The molecule has 0 saturated carbocycles. The first kappa shape index (κ1) is 16.6. The molecule has 0 fully saturated rings. The van der Waals surface area contributed by atoms with E-state index in [9.17, 15) is 0 Å². The van der Waals surface area contributed by atoms with Gasteiger partial charge in [0.15, 0.2) is 0 Å². The molecular formula is C16H29N3O. The SMILES string of the molecule is CCN(CC)CCCC(C)Nc1cccc(OC)c1N. The van der Waals surface area contributed by atoms with Gasteiger partial charge in [-0.05, 0) is 51.5 Å². The third kappa shape index (κ3) is 4.93. The van der Waals surface area contributed by atoms with Crippen LogP contribution in [0, 0.1) is 0 Å². The summed E-state index contributed by atoms with van der Waals surface area (Å²) in [4.78, 5) is 2.45. The normalized spacial score (nSPS) is 12.4. The van der Waals surface area contributed by atoms with Gasteiger partial charge in [0, 0.05) is 6.04 Å². The average Bonchev–Trinajstić information content (AvgIpc) is 2.46. The summed E-state index contributed by atoms with van der Waals surface area (Å²) in [6.07, 6.45) is 2.33. The maximum Gasteiger partial charge on any atom is 0.143 e. The molecule has 1 unspecified atom stereocenters. The summed E-state index contributed by atoms with van der Waals surface area (Å²) in [5.74, 6) is 0.727. The van der Waals surface area contributed by atoms with E-state index in [1.54, 1.807) is 7.11 Å². The summed E-state index contributed by atoms with van der Waals surface area (Å²) in [5, 5.41) is 3.47. The van der Waals surface area contributed by atoms with E-state index in [1.807, 2.05) is 18.2 Å². The van der Waals surface area contributed by atoms with E-state index in [-0.39, 0.29) is 0 Å². The van der Waals surface area contributed by atoms with Crippen molar-refractivity contribution in [2.45, 2.75) is 39.7 Å². The molecule has 0 aliphatic carbocycles. The number of benzene rings is 1. The molecule has 114 valence electrons. The number of nitrogens with one attached hydrogen (secondary N) is 1. The molecule has 0 amide bonds. The Balaban J connectivity index is 2.44. The number of methoxy groups -OCH3 is 1. The molecule has 0 spiro atoms. The zero-order chi connectivity index (χ0) is 15.0. The fourth-order valence-corrected chi connectivity index (χ4v) is 2.35. The molecule has 1 rings (SSSR count). The van der Waals surface area contributed by atoms with Crippen molar-refractivity contribution in [1.82, 2.24) is 4.90 Å². The highest BCUT2D eigenvalue weighted by Gasteiger charge is 2.08. The van der Waals surface area contributed by atoms with Crippen molar-refractivity contribution in [2.75, 3.05) is 37.8 Å². The van der Waals surface area contributed by atoms with Gasteiger partial charge < -0.3 is 20.7 Å². The summed E-state index contributed by atoms with van der Waals surface area (Å²) in [6, 6.07) is 6.24. The number of hydrogen-bond donors (Lipinski definition) is 2. The Kier molecular flexibility index (Phi) is 7.23. The lowest BCUT2D eigenvalue weighted by Crippen LogP contribution is -2.25. The number of nitrogen functional groups attached to an aromatic ring is 1. The van der Waals surface area contributed by atoms with Crippen molar-refractivity contribution in [1.29, 1.82) is 0 Å². The minimum absolute atomic E-state index is 0.403. The van der Waals surface area contributed by atoms with E-state index >= 15 is 0 Å². The molecule has 1 aromatic carbocycles. The lowest BCUT2D eigenvalue weighted by Gasteiger charge is -2.21. The summed E-state index contributed by atoms with van der Waals surface area (Å²) in [5.41, 5.74) is 7.71. The zero-order valence-corrected chi connectivity index (χ0v) is 13.3. The summed E-state index contributed by atoms with van der Waals surface area (Å²) in [6.45, 7) is 10.0. The van der Waals surface area contributed by atoms with E-state index in [1.165, 1.54) is 6.42 Å². The van der Waals surface area contributed by atoms with Gasteiger partial charge in [-0.1, -0.05) is 19.9 Å². The van der Waals surface area contributed by atoms with Gasteiger partial charge in [-0.15, -0.1) is 0 Å². The van der Waals surface area contributed by atoms with Crippen LogP contribution in [0.15, 0.2) is 18.2 Å². The number of rotatable bonds is 9. The van der Waals surface area contributed by atoms with Gasteiger partial charge in [0.2, 0.25) is 0 Å². The van der Waals surface area contributed by atoms with Gasteiger partial charge in [-0.2, -0.15) is 0 Å². The van der Waals surface area contributed by atoms with Crippen LogP contribution in [0.2, 0.25) is 0 Å². The Bertz CT molecular complexity index is 391. The number of nitrogens with zero attached hydrogens (tertiary/aromatic N) is 1. The zero-order valence-electron chi connectivity index (χ0n) is 13.3. The fraction of sp³-hybridized carbons (Fsp3) is 0.625. The lowest BCUT2D eigenvalue weighted by atomic mass is 10.1. The van der Waals surface area contributed by atoms with Crippen LogP contribution in [0.1, 0.15) is 33.6 Å². The monoisotopic (exact) mass is 279 g/mol. The lowest BCUT2D eigenvalue weighted by molar-refractivity contribution is 0.295. The topological polar surface area (TPSA) is 50.5 Å². The fourth-order valence-electron chi connectivity index (χ4n) is 2.35. The number of ether oxygens (including phenoxy) is 1. The largest absolute Gasteiger partial charge is 0.495 e. The molecule has 0 heterocycles. The Labute approximate surface area is 123 Å². The Morgan fingerprint density at radius 2 is 2.00 bits per heavy atom. The summed E-state index contributed by atoms with van der Waals surface area (Å²) >= 11 is 0. The standard InChI is InChI=1S/C16H29N3O/c1-5-19(6-2)12-8-9-13(3)18-14-10-7-11-15(20-4)16(14)17/h7,10-11,13,18H,5-6,8-9,12,17H2,1-4H3. The first-order valence-electron chi connectivity index (χ1n) is 7.53. The van der Waals surface area contributed by atoms with Crippen molar-refractivity contribution in [2.24, 2.45) is 0 Å². The highest BCUT2D eigenvalue weighted by atomic mass is 16.5. The maximum atomic E-state index is 6.07. The molecule has 0 aromatic heterocycles. The predicted octanol–water partition coefficient (Wildman–Crippen LogP) is 3.20. The van der Waals surface area contributed by atoms with E-state index in [2.05, 4.69) is 31.0 Å². The third-order valence-corrected chi connectivity index (χ3v) is 3.69. The Morgan fingerprint density at radius 1 is 1.30 bits per heavy atom. The third-order valence-electron chi connectivity index (χ3n) is 3.69. The van der Waals surface area contributed by atoms with Crippen molar-refractivity contribution in [3.05, 3.63) is 18.2 Å². The summed E-state index contributed by atoms with van der Waals surface area (Å²) < 4.78 is 5.24. The van der Waals surface area contributed by atoms with Gasteiger partial charge in [-0.3, -0.25) is 0 Å².